The second-order valence-electron chi connectivity index (χ2n) is 3.90. The van der Waals surface area contributed by atoms with E-state index in [1.54, 1.807) is 13.0 Å². The molecule has 0 unspecified atom stereocenters. The Morgan fingerprint density at radius 3 is 2.71 bits per heavy atom. The van der Waals surface area contributed by atoms with Gasteiger partial charge in [0.15, 0.2) is 17.3 Å². The highest BCUT2D eigenvalue weighted by molar-refractivity contribution is 9.10. The number of benzene rings is 1. The Hall–Kier alpha value is -1.96. The normalized spacial score (nSPS) is 10.7. The number of hydrogen-bond acceptors (Lipinski definition) is 5. The number of halogens is 3. The topological polar surface area (TPSA) is 70.3 Å². The van der Waals surface area contributed by atoms with Gasteiger partial charge in [0.2, 0.25) is 0 Å². The lowest BCUT2D eigenvalue weighted by Gasteiger charge is -2.12. The molecular weight excluding hydrogens is 348 g/mol. The summed E-state index contributed by atoms with van der Waals surface area (Å²) in [5.41, 5.74) is 6.28. The number of ether oxygens (including phenoxy) is 2. The summed E-state index contributed by atoms with van der Waals surface area (Å²) in [5, 5.41) is 0. The van der Waals surface area contributed by atoms with E-state index in [1.165, 1.54) is 18.3 Å². The van der Waals surface area contributed by atoms with E-state index in [0.717, 1.165) is 0 Å². The molecule has 21 heavy (non-hydrogen) atoms. The number of nitrogens with two attached hydrogens (primary N) is 1. The summed E-state index contributed by atoms with van der Waals surface area (Å²) in [6.45, 7) is -0.867. The van der Waals surface area contributed by atoms with Gasteiger partial charge >= 0.3 is 6.61 Å². The Balaban J connectivity index is 2.40. The second-order valence-corrected chi connectivity index (χ2v) is 4.75. The van der Waals surface area contributed by atoms with E-state index in [9.17, 15) is 8.78 Å². The molecular formula is C13H12BrF2N3O2. The number of nitrogen functional groups attached to an aromatic ring is 1. The Bertz CT molecular complexity index is 641. The van der Waals surface area contributed by atoms with E-state index < -0.39 is 6.61 Å². The maximum atomic E-state index is 12.3. The van der Waals surface area contributed by atoms with Crippen molar-refractivity contribution < 1.29 is 18.3 Å². The Kier molecular flexibility index (Phi) is 4.89. The van der Waals surface area contributed by atoms with Gasteiger partial charge < -0.3 is 15.2 Å². The maximum absolute atomic E-state index is 12.3. The smallest absolute Gasteiger partial charge is 0.387 e. The van der Waals surface area contributed by atoms with Crippen molar-refractivity contribution >= 4 is 21.7 Å². The molecule has 0 radical (unpaired) electrons. The molecule has 0 aliphatic carbocycles. The third-order valence-electron chi connectivity index (χ3n) is 2.49. The number of aromatic nitrogens is 2. The first kappa shape index (κ1) is 15.4. The van der Waals surface area contributed by atoms with Gasteiger partial charge in [-0.25, -0.2) is 9.97 Å². The lowest BCUT2D eigenvalue weighted by molar-refractivity contribution is -0.0514. The Morgan fingerprint density at radius 1 is 1.33 bits per heavy atom. The monoisotopic (exact) mass is 359 g/mol. The van der Waals surface area contributed by atoms with Crippen LogP contribution in [0.1, 0.15) is 6.92 Å². The predicted molar refractivity (Wildman–Crippen MR) is 77.4 cm³/mol. The van der Waals surface area contributed by atoms with E-state index >= 15 is 0 Å². The highest BCUT2D eigenvalue weighted by atomic mass is 79.9. The third-order valence-corrected chi connectivity index (χ3v) is 3.10. The van der Waals surface area contributed by atoms with Crippen LogP contribution in [0.15, 0.2) is 28.9 Å². The molecule has 1 heterocycles. The van der Waals surface area contributed by atoms with Crippen LogP contribution in [-0.4, -0.2) is 23.2 Å². The average molecular weight is 360 g/mol. The summed E-state index contributed by atoms with van der Waals surface area (Å²) in [6, 6.07) is 4.47. The van der Waals surface area contributed by atoms with E-state index in [2.05, 4.69) is 30.6 Å². The van der Waals surface area contributed by atoms with Crippen LogP contribution in [0.3, 0.4) is 0 Å². The minimum absolute atomic E-state index is 0.0410. The molecule has 0 atom stereocenters. The zero-order valence-corrected chi connectivity index (χ0v) is 12.6. The van der Waals surface area contributed by atoms with Crippen molar-refractivity contribution in [1.82, 2.24) is 9.97 Å². The van der Waals surface area contributed by atoms with Crippen molar-refractivity contribution in [2.75, 3.05) is 12.3 Å². The summed E-state index contributed by atoms with van der Waals surface area (Å²) in [4.78, 5) is 8.23. The fraction of sp³-hybridized carbons (Fsp3) is 0.231. The van der Waals surface area contributed by atoms with Gasteiger partial charge in [0.1, 0.15) is 5.82 Å². The van der Waals surface area contributed by atoms with Crippen LogP contribution in [0.25, 0.3) is 11.4 Å². The van der Waals surface area contributed by atoms with Crippen LogP contribution >= 0.6 is 15.9 Å². The van der Waals surface area contributed by atoms with Gasteiger partial charge in [0, 0.05) is 11.8 Å². The van der Waals surface area contributed by atoms with Gasteiger partial charge in [-0.2, -0.15) is 8.78 Å². The molecule has 112 valence electrons. The summed E-state index contributed by atoms with van der Waals surface area (Å²) in [7, 11) is 0. The summed E-state index contributed by atoms with van der Waals surface area (Å²) < 4.78 is 35.0. The lowest BCUT2D eigenvalue weighted by atomic mass is 10.2. The molecule has 2 rings (SSSR count). The molecule has 0 aliphatic heterocycles. The average Bonchev–Trinajstić information content (AvgIpc) is 2.43. The highest BCUT2D eigenvalue weighted by Crippen LogP contribution is 2.33. The van der Waals surface area contributed by atoms with Crippen molar-refractivity contribution in [1.29, 1.82) is 0 Å². The number of alkyl halides is 2. The summed E-state index contributed by atoms with van der Waals surface area (Å²) >= 11 is 3.20. The predicted octanol–water partition coefficient (Wildman–Crippen LogP) is 3.49. The van der Waals surface area contributed by atoms with E-state index in [0.29, 0.717) is 22.5 Å². The Labute approximate surface area is 128 Å². The zero-order chi connectivity index (χ0) is 15.4. The molecule has 5 nitrogen and oxygen atoms in total. The first-order valence-electron chi connectivity index (χ1n) is 6.01. The number of nitrogens with zero attached hydrogens (tertiary/aromatic N) is 2. The molecule has 0 fully saturated rings. The third kappa shape index (κ3) is 3.78. The first-order chi connectivity index (χ1) is 10.0. The summed E-state index contributed by atoms with van der Waals surface area (Å²) in [5.74, 6) is 0.798. The van der Waals surface area contributed by atoms with Crippen molar-refractivity contribution in [2.24, 2.45) is 0 Å². The largest absolute Gasteiger partial charge is 0.490 e. The van der Waals surface area contributed by atoms with E-state index in [1.807, 2.05) is 0 Å². The van der Waals surface area contributed by atoms with Gasteiger partial charge in [-0.15, -0.1) is 0 Å². The van der Waals surface area contributed by atoms with Crippen LogP contribution in [-0.2, 0) is 0 Å². The number of hydrogen-bond donors (Lipinski definition) is 1. The van der Waals surface area contributed by atoms with E-state index in [4.69, 9.17) is 10.5 Å². The molecule has 0 saturated carbocycles. The number of anilines is 1. The Morgan fingerprint density at radius 2 is 2.10 bits per heavy atom. The molecule has 2 N–H and O–H groups in total. The van der Waals surface area contributed by atoms with Gasteiger partial charge in [0.05, 0.1) is 11.1 Å². The van der Waals surface area contributed by atoms with Crippen molar-refractivity contribution in [3.05, 3.63) is 28.9 Å². The van der Waals surface area contributed by atoms with Crippen LogP contribution in [0.4, 0.5) is 14.6 Å². The van der Waals surface area contributed by atoms with E-state index in [-0.39, 0.29) is 17.3 Å². The molecule has 8 heteroatoms. The lowest BCUT2D eigenvalue weighted by Crippen LogP contribution is -2.05. The minimum atomic E-state index is -2.92. The van der Waals surface area contributed by atoms with Gasteiger partial charge in [-0.05, 0) is 41.1 Å². The van der Waals surface area contributed by atoms with Crippen molar-refractivity contribution in [3.8, 4) is 22.9 Å². The van der Waals surface area contributed by atoms with Crippen molar-refractivity contribution in [3.63, 3.8) is 0 Å². The molecule has 0 spiro atoms. The van der Waals surface area contributed by atoms with Gasteiger partial charge in [-0.3, -0.25) is 0 Å². The van der Waals surface area contributed by atoms with Crippen LogP contribution in [0.5, 0.6) is 11.5 Å². The number of rotatable bonds is 5. The standard InChI is InChI=1S/C13H12BrF2N3O2/c1-2-20-10-5-7(3-4-9(10)21-13(15)16)12-18-6-8(14)11(17)19-12/h3-6,13H,2H2,1H3,(H2,17,18,19). The molecule has 0 aliphatic rings. The highest BCUT2D eigenvalue weighted by Gasteiger charge is 2.13. The van der Waals surface area contributed by atoms with Crippen molar-refractivity contribution in [2.45, 2.75) is 13.5 Å². The van der Waals surface area contributed by atoms with Gasteiger partial charge in [-0.1, -0.05) is 0 Å². The van der Waals surface area contributed by atoms with Crippen LogP contribution in [0, 0.1) is 0 Å². The molecule has 1 aromatic carbocycles. The fourth-order valence-electron chi connectivity index (χ4n) is 1.63. The molecule has 0 saturated heterocycles. The fourth-order valence-corrected chi connectivity index (χ4v) is 1.82. The van der Waals surface area contributed by atoms with Crippen LogP contribution < -0.4 is 15.2 Å². The van der Waals surface area contributed by atoms with Crippen LogP contribution in [0.2, 0.25) is 0 Å². The maximum Gasteiger partial charge on any atom is 0.387 e. The second kappa shape index (κ2) is 6.66. The molecule has 0 amide bonds. The quantitative estimate of drug-likeness (QED) is 0.884. The SMILES string of the molecule is CCOc1cc(-c2ncc(Br)c(N)n2)ccc1OC(F)F. The van der Waals surface area contributed by atoms with Gasteiger partial charge in [0.25, 0.3) is 0 Å². The molecule has 2 aromatic rings. The summed E-state index contributed by atoms with van der Waals surface area (Å²) in [6.07, 6.45) is 1.52. The zero-order valence-electron chi connectivity index (χ0n) is 11.0. The molecule has 0 bridgehead atoms. The first-order valence-corrected chi connectivity index (χ1v) is 6.80. The minimum Gasteiger partial charge on any atom is -0.490 e. The molecule has 1 aromatic heterocycles.